The Morgan fingerprint density at radius 3 is 2.62 bits per heavy atom. The number of thiazole rings is 1. The molecular weight excluding hydrogens is 352 g/mol. The Morgan fingerprint density at radius 1 is 1.23 bits per heavy atom. The molecular formula is C18H18N4O3S. The predicted molar refractivity (Wildman–Crippen MR) is 99.1 cm³/mol. The minimum Gasteiger partial charge on any atom is -0.452 e. The van der Waals surface area contributed by atoms with Crippen LogP contribution < -0.4 is 5.32 Å². The highest BCUT2D eigenvalue weighted by atomic mass is 32.1. The molecule has 2 heterocycles. The van der Waals surface area contributed by atoms with Crippen LogP contribution >= 0.6 is 11.3 Å². The first kappa shape index (κ1) is 17.8. The third kappa shape index (κ3) is 3.97. The third-order valence-electron chi connectivity index (χ3n) is 3.89. The number of anilines is 1. The minimum atomic E-state index is -0.578. The molecule has 2 aromatic heterocycles. The fourth-order valence-corrected chi connectivity index (χ4v) is 2.99. The molecule has 3 aromatic rings. The van der Waals surface area contributed by atoms with Crippen LogP contribution in [-0.2, 0) is 16.6 Å². The van der Waals surface area contributed by atoms with E-state index in [-0.39, 0.29) is 6.61 Å². The third-order valence-corrected chi connectivity index (χ3v) is 4.65. The number of benzene rings is 1. The Balaban J connectivity index is 1.56. The number of nitrogens with one attached hydrogen (secondary N) is 1. The Bertz CT molecular complexity index is 944. The molecule has 0 spiro atoms. The summed E-state index contributed by atoms with van der Waals surface area (Å²) in [4.78, 5) is 28.4. The maximum atomic E-state index is 12.0. The summed E-state index contributed by atoms with van der Waals surface area (Å²) in [5.74, 6) is -1.02. The molecule has 26 heavy (non-hydrogen) atoms. The van der Waals surface area contributed by atoms with Gasteiger partial charge in [0.15, 0.2) is 11.7 Å². The van der Waals surface area contributed by atoms with E-state index in [1.807, 2.05) is 36.6 Å². The Labute approximate surface area is 154 Å². The van der Waals surface area contributed by atoms with Crippen LogP contribution in [0.3, 0.4) is 0 Å². The van der Waals surface area contributed by atoms with Gasteiger partial charge in [-0.1, -0.05) is 29.8 Å². The van der Waals surface area contributed by atoms with Gasteiger partial charge in [0, 0.05) is 23.7 Å². The van der Waals surface area contributed by atoms with Crippen molar-refractivity contribution in [1.82, 2.24) is 14.8 Å². The van der Waals surface area contributed by atoms with Gasteiger partial charge in [-0.25, -0.2) is 9.78 Å². The molecule has 1 N–H and O–H groups in total. The summed E-state index contributed by atoms with van der Waals surface area (Å²) in [6, 6.07) is 7.97. The number of hydrogen-bond donors (Lipinski definition) is 1. The van der Waals surface area contributed by atoms with Gasteiger partial charge in [0.25, 0.3) is 5.91 Å². The van der Waals surface area contributed by atoms with E-state index in [1.54, 1.807) is 18.7 Å². The van der Waals surface area contributed by atoms with Crippen molar-refractivity contribution in [3.8, 4) is 11.3 Å². The summed E-state index contributed by atoms with van der Waals surface area (Å²) in [7, 11) is 1.73. The van der Waals surface area contributed by atoms with Crippen molar-refractivity contribution < 1.29 is 14.3 Å². The molecule has 0 aliphatic rings. The van der Waals surface area contributed by atoms with Gasteiger partial charge in [-0.2, -0.15) is 5.10 Å². The van der Waals surface area contributed by atoms with E-state index in [4.69, 9.17) is 4.74 Å². The number of aryl methyl sites for hydroxylation is 2. The molecule has 0 aliphatic heterocycles. The van der Waals surface area contributed by atoms with E-state index in [0.717, 1.165) is 11.3 Å². The zero-order valence-electron chi connectivity index (χ0n) is 14.6. The lowest BCUT2D eigenvalue weighted by molar-refractivity contribution is -0.119. The van der Waals surface area contributed by atoms with Crippen molar-refractivity contribution in [2.24, 2.45) is 7.05 Å². The lowest BCUT2D eigenvalue weighted by Gasteiger charge is -2.04. The van der Waals surface area contributed by atoms with Gasteiger partial charge in [0.2, 0.25) is 0 Å². The summed E-state index contributed by atoms with van der Waals surface area (Å²) >= 11 is 1.32. The second kappa shape index (κ2) is 7.49. The second-order valence-corrected chi connectivity index (χ2v) is 6.65. The van der Waals surface area contributed by atoms with Crippen LogP contribution in [0.4, 0.5) is 5.13 Å². The van der Waals surface area contributed by atoms with Gasteiger partial charge in [-0.05, 0) is 13.8 Å². The molecule has 0 saturated carbocycles. The van der Waals surface area contributed by atoms with E-state index in [0.29, 0.717) is 16.4 Å². The number of aromatic nitrogens is 3. The molecule has 3 rings (SSSR count). The average molecular weight is 370 g/mol. The lowest BCUT2D eigenvalue weighted by Crippen LogP contribution is -2.21. The first-order valence-corrected chi connectivity index (χ1v) is 8.80. The molecule has 1 amide bonds. The molecule has 1 aromatic carbocycles. The highest BCUT2D eigenvalue weighted by Crippen LogP contribution is 2.25. The minimum absolute atomic E-state index is 0.344. The first-order chi connectivity index (χ1) is 12.4. The maximum absolute atomic E-state index is 12.0. The van der Waals surface area contributed by atoms with Crippen LogP contribution in [0.2, 0.25) is 0 Å². The zero-order chi connectivity index (χ0) is 18.7. The van der Waals surface area contributed by atoms with Crippen molar-refractivity contribution in [2.75, 3.05) is 11.9 Å². The molecule has 0 unspecified atom stereocenters. The molecule has 0 fully saturated rings. The van der Waals surface area contributed by atoms with Crippen molar-refractivity contribution in [2.45, 2.75) is 13.8 Å². The number of amides is 1. The Kier molecular flexibility index (Phi) is 5.13. The molecule has 8 heteroatoms. The normalized spacial score (nSPS) is 10.6. The Hall–Kier alpha value is -3.00. The summed E-state index contributed by atoms with van der Waals surface area (Å²) in [5, 5.41) is 8.94. The van der Waals surface area contributed by atoms with Gasteiger partial charge in [-0.15, -0.1) is 11.3 Å². The van der Waals surface area contributed by atoms with Crippen molar-refractivity contribution >= 4 is 28.3 Å². The van der Waals surface area contributed by atoms with Crippen LogP contribution in [0.5, 0.6) is 0 Å². The topological polar surface area (TPSA) is 86.1 Å². The van der Waals surface area contributed by atoms with Crippen LogP contribution in [0.25, 0.3) is 11.3 Å². The number of carbonyl (C=O) groups excluding carboxylic acids is 2. The fraction of sp³-hybridized carbons (Fsp3) is 0.222. The molecule has 0 radical (unpaired) electrons. The van der Waals surface area contributed by atoms with E-state index in [1.165, 1.54) is 23.1 Å². The summed E-state index contributed by atoms with van der Waals surface area (Å²) < 4.78 is 6.60. The fourth-order valence-electron chi connectivity index (χ4n) is 2.25. The average Bonchev–Trinajstić information content (AvgIpc) is 3.21. The van der Waals surface area contributed by atoms with Gasteiger partial charge in [-0.3, -0.25) is 14.8 Å². The number of carbonyl (C=O) groups is 2. The lowest BCUT2D eigenvalue weighted by atomic mass is 10.1. The first-order valence-electron chi connectivity index (χ1n) is 7.92. The summed E-state index contributed by atoms with van der Waals surface area (Å²) in [6.45, 7) is 3.39. The molecule has 0 saturated heterocycles. The molecule has 0 aliphatic carbocycles. The van der Waals surface area contributed by atoms with Gasteiger partial charge < -0.3 is 4.74 Å². The Morgan fingerprint density at radius 2 is 1.96 bits per heavy atom. The van der Waals surface area contributed by atoms with E-state index in [2.05, 4.69) is 15.4 Å². The van der Waals surface area contributed by atoms with Gasteiger partial charge >= 0.3 is 5.97 Å². The zero-order valence-corrected chi connectivity index (χ0v) is 15.5. The maximum Gasteiger partial charge on any atom is 0.342 e. The van der Waals surface area contributed by atoms with Crippen LogP contribution in [0.15, 0.2) is 35.8 Å². The molecule has 0 atom stereocenters. The SMILES string of the molecule is Cc1ccc(-c2csc(NC(=O)COC(=O)c3cnn(C)c3C)n2)cc1. The largest absolute Gasteiger partial charge is 0.452 e. The summed E-state index contributed by atoms with van der Waals surface area (Å²) in [6.07, 6.45) is 1.42. The molecule has 7 nitrogen and oxygen atoms in total. The summed E-state index contributed by atoms with van der Waals surface area (Å²) in [5.41, 5.74) is 3.96. The quantitative estimate of drug-likeness (QED) is 0.698. The predicted octanol–water partition coefficient (Wildman–Crippen LogP) is 2.96. The number of hydrogen-bond acceptors (Lipinski definition) is 6. The highest BCUT2D eigenvalue weighted by molar-refractivity contribution is 7.14. The smallest absolute Gasteiger partial charge is 0.342 e. The highest BCUT2D eigenvalue weighted by Gasteiger charge is 2.16. The molecule has 134 valence electrons. The number of nitrogens with zero attached hydrogens (tertiary/aromatic N) is 3. The van der Waals surface area contributed by atoms with Crippen molar-refractivity contribution in [3.05, 3.63) is 52.7 Å². The number of esters is 1. The number of rotatable bonds is 5. The van der Waals surface area contributed by atoms with Crippen LogP contribution in [0.1, 0.15) is 21.6 Å². The monoisotopic (exact) mass is 370 g/mol. The molecule has 0 bridgehead atoms. The standard InChI is InChI=1S/C18H18N4O3S/c1-11-4-6-13(7-5-11)15-10-26-18(20-15)21-16(23)9-25-17(24)14-8-19-22(3)12(14)2/h4-8,10H,9H2,1-3H3,(H,20,21,23). The van der Waals surface area contributed by atoms with Crippen LogP contribution in [-0.4, -0.2) is 33.2 Å². The second-order valence-electron chi connectivity index (χ2n) is 5.80. The van der Waals surface area contributed by atoms with Crippen LogP contribution in [0, 0.1) is 13.8 Å². The van der Waals surface area contributed by atoms with Gasteiger partial charge in [0.1, 0.15) is 5.56 Å². The van der Waals surface area contributed by atoms with Crippen molar-refractivity contribution in [3.63, 3.8) is 0 Å². The van der Waals surface area contributed by atoms with E-state index < -0.39 is 11.9 Å². The van der Waals surface area contributed by atoms with Crippen molar-refractivity contribution in [1.29, 1.82) is 0 Å². The number of ether oxygens (including phenoxy) is 1. The van der Waals surface area contributed by atoms with E-state index >= 15 is 0 Å². The van der Waals surface area contributed by atoms with E-state index in [9.17, 15) is 9.59 Å². The van der Waals surface area contributed by atoms with Gasteiger partial charge in [0.05, 0.1) is 11.9 Å².